The standard InChI is InChI=1S/C13H24N2O3/c1-2-3-4-5-7-10(12(14)16)15-13(17)11-8-6-9-18-11/h10-11H,2-9H2,1H3,(H2,14,16)(H,15,17)/t10-,11+/m1/s1. The van der Waals surface area contributed by atoms with Crippen molar-refractivity contribution in [2.75, 3.05) is 6.61 Å². The number of carbonyl (C=O) groups excluding carboxylic acids is 2. The fraction of sp³-hybridized carbons (Fsp3) is 0.846. The molecule has 3 N–H and O–H groups in total. The molecule has 0 aromatic heterocycles. The van der Waals surface area contributed by atoms with Gasteiger partial charge < -0.3 is 15.8 Å². The maximum absolute atomic E-state index is 11.8. The van der Waals surface area contributed by atoms with Crippen LogP contribution in [-0.2, 0) is 14.3 Å². The highest BCUT2D eigenvalue weighted by molar-refractivity contribution is 5.88. The number of unbranched alkanes of at least 4 members (excludes halogenated alkanes) is 3. The maximum Gasteiger partial charge on any atom is 0.249 e. The Labute approximate surface area is 108 Å². The van der Waals surface area contributed by atoms with E-state index >= 15 is 0 Å². The summed E-state index contributed by atoms with van der Waals surface area (Å²) in [7, 11) is 0. The number of ether oxygens (including phenoxy) is 1. The SMILES string of the molecule is CCCCCC[C@@H](NC(=O)[C@@H]1CCCO1)C(N)=O. The number of primary amides is 1. The quantitative estimate of drug-likeness (QED) is 0.638. The third-order valence-corrected chi connectivity index (χ3v) is 3.23. The molecule has 0 aliphatic carbocycles. The van der Waals surface area contributed by atoms with Gasteiger partial charge in [-0.15, -0.1) is 0 Å². The summed E-state index contributed by atoms with van der Waals surface area (Å²) in [5.74, 6) is -0.662. The first kappa shape index (κ1) is 15.0. The largest absolute Gasteiger partial charge is 0.368 e. The first-order valence-electron chi connectivity index (χ1n) is 6.86. The highest BCUT2D eigenvalue weighted by Gasteiger charge is 2.27. The summed E-state index contributed by atoms with van der Waals surface area (Å²) in [4.78, 5) is 23.1. The van der Waals surface area contributed by atoms with Crippen molar-refractivity contribution in [2.45, 2.75) is 64.0 Å². The summed E-state index contributed by atoms with van der Waals surface area (Å²) in [6.07, 6.45) is 6.11. The van der Waals surface area contributed by atoms with Gasteiger partial charge in [-0.25, -0.2) is 0 Å². The molecule has 18 heavy (non-hydrogen) atoms. The average Bonchev–Trinajstić information content (AvgIpc) is 2.86. The zero-order valence-corrected chi connectivity index (χ0v) is 11.1. The van der Waals surface area contributed by atoms with E-state index in [0.717, 1.165) is 38.5 Å². The van der Waals surface area contributed by atoms with Crippen LogP contribution in [0.1, 0.15) is 51.9 Å². The van der Waals surface area contributed by atoms with Gasteiger partial charge in [0.05, 0.1) is 0 Å². The second-order valence-electron chi connectivity index (χ2n) is 4.81. The van der Waals surface area contributed by atoms with Crippen LogP contribution in [0.5, 0.6) is 0 Å². The van der Waals surface area contributed by atoms with Gasteiger partial charge in [-0.3, -0.25) is 9.59 Å². The normalized spacial score (nSPS) is 20.6. The Kier molecular flexibility index (Phi) is 6.72. The van der Waals surface area contributed by atoms with Crippen LogP contribution in [0.3, 0.4) is 0 Å². The van der Waals surface area contributed by atoms with Crippen molar-refractivity contribution in [2.24, 2.45) is 5.73 Å². The molecule has 2 atom stereocenters. The molecular formula is C13H24N2O3. The van der Waals surface area contributed by atoms with E-state index in [1.54, 1.807) is 0 Å². The molecule has 1 aliphatic rings. The summed E-state index contributed by atoms with van der Waals surface area (Å²) in [6.45, 7) is 2.75. The van der Waals surface area contributed by atoms with Crippen molar-refractivity contribution < 1.29 is 14.3 Å². The lowest BCUT2D eigenvalue weighted by molar-refractivity contribution is -0.133. The minimum Gasteiger partial charge on any atom is -0.368 e. The smallest absolute Gasteiger partial charge is 0.249 e. The lowest BCUT2D eigenvalue weighted by Gasteiger charge is -2.17. The number of carbonyl (C=O) groups is 2. The molecule has 1 heterocycles. The lowest BCUT2D eigenvalue weighted by atomic mass is 10.1. The zero-order valence-electron chi connectivity index (χ0n) is 11.1. The molecule has 1 rings (SSSR count). The summed E-state index contributed by atoms with van der Waals surface area (Å²) < 4.78 is 5.27. The summed E-state index contributed by atoms with van der Waals surface area (Å²) >= 11 is 0. The van der Waals surface area contributed by atoms with Crippen LogP contribution in [0.25, 0.3) is 0 Å². The molecule has 5 heteroatoms. The number of hydrogen-bond acceptors (Lipinski definition) is 3. The Morgan fingerprint density at radius 2 is 2.17 bits per heavy atom. The molecule has 1 saturated heterocycles. The number of nitrogens with one attached hydrogen (secondary N) is 1. The number of rotatable bonds is 8. The molecule has 0 unspecified atom stereocenters. The van der Waals surface area contributed by atoms with Gasteiger partial charge in [0.2, 0.25) is 11.8 Å². The predicted octanol–water partition coefficient (Wildman–Crippen LogP) is 1.11. The molecule has 104 valence electrons. The van der Waals surface area contributed by atoms with Crippen LogP contribution in [-0.4, -0.2) is 30.6 Å². The summed E-state index contributed by atoms with van der Waals surface area (Å²) in [5.41, 5.74) is 5.30. The minimum atomic E-state index is -0.557. The molecule has 0 saturated carbocycles. The molecule has 0 aromatic carbocycles. The van der Waals surface area contributed by atoms with Gasteiger partial charge in [-0.05, 0) is 19.3 Å². The van der Waals surface area contributed by atoms with Crippen molar-refractivity contribution in [3.8, 4) is 0 Å². The van der Waals surface area contributed by atoms with Crippen molar-refractivity contribution in [3.05, 3.63) is 0 Å². The average molecular weight is 256 g/mol. The Bertz CT molecular complexity index is 275. The van der Waals surface area contributed by atoms with E-state index in [1.165, 1.54) is 0 Å². The third kappa shape index (κ3) is 5.04. The van der Waals surface area contributed by atoms with Crippen molar-refractivity contribution in [1.29, 1.82) is 0 Å². The Morgan fingerprint density at radius 1 is 1.39 bits per heavy atom. The molecule has 0 radical (unpaired) electrons. The van der Waals surface area contributed by atoms with E-state index in [1.807, 2.05) is 0 Å². The summed E-state index contributed by atoms with van der Waals surface area (Å²) in [5, 5.41) is 2.70. The second kappa shape index (κ2) is 8.08. The van der Waals surface area contributed by atoms with E-state index in [0.29, 0.717) is 13.0 Å². The molecule has 2 amide bonds. The van der Waals surface area contributed by atoms with Crippen LogP contribution in [0, 0.1) is 0 Å². The summed E-state index contributed by atoms with van der Waals surface area (Å²) in [6, 6.07) is -0.557. The van der Waals surface area contributed by atoms with E-state index in [2.05, 4.69) is 12.2 Å². The Hall–Kier alpha value is -1.10. The Balaban J connectivity index is 2.32. The molecule has 1 aliphatic heterocycles. The number of nitrogens with two attached hydrogens (primary N) is 1. The maximum atomic E-state index is 11.8. The van der Waals surface area contributed by atoms with Crippen molar-refractivity contribution in [1.82, 2.24) is 5.32 Å². The van der Waals surface area contributed by atoms with Crippen LogP contribution in [0.2, 0.25) is 0 Å². The number of amides is 2. The first-order valence-corrected chi connectivity index (χ1v) is 6.86. The Morgan fingerprint density at radius 3 is 2.72 bits per heavy atom. The van der Waals surface area contributed by atoms with Gasteiger partial charge in [-0.1, -0.05) is 32.6 Å². The van der Waals surface area contributed by atoms with Crippen LogP contribution >= 0.6 is 0 Å². The fourth-order valence-electron chi connectivity index (χ4n) is 2.11. The lowest BCUT2D eigenvalue weighted by Crippen LogP contribution is -2.47. The van der Waals surface area contributed by atoms with Gasteiger partial charge >= 0.3 is 0 Å². The van der Waals surface area contributed by atoms with Gasteiger partial charge in [0.15, 0.2) is 0 Å². The van der Waals surface area contributed by atoms with Crippen LogP contribution in [0.15, 0.2) is 0 Å². The predicted molar refractivity (Wildman–Crippen MR) is 68.9 cm³/mol. The molecule has 0 aromatic rings. The molecule has 0 spiro atoms. The second-order valence-corrected chi connectivity index (χ2v) is 4.81. The van der Waals surface area contributed by atoms with E-state index in [-0.39, 0.29) is 5.91 Å². The highest BCUT2D eigenvalue weighted by Crippen LogP contribution is 2.13. The molecule has 5 nitrogen and oxygen atoms in total. The number of hydrogen-bond donors (Lipinski definition) is 2. The van der Waals surface area contributed by atoms with Gasteiger partial charge in [-0.2, -0.15) is 0 Å². The van der Waals surface area contributed by atoms with Gasteiger partial charge in [0, 0.05) is 6.61 Å². The molecule has 1 fully saturated rings. The van der Waals surface area contributed by atoms with E-state index in [9.17, 15) is 9.59 Å². The van der Waals surface area contributed by atoms with Crippen molar-refractivity contribution in [3.63, 3.8) is 0 Å². The van der Waals surface area contributed by atoms with Crippen molar-refractivity contribution >= 4 is 11.8 Å². The van der Waals surface area contributed by atoms with Crippen LogP contribution in [0.4, 0.5) is 0 Å². The van der Waals surface area contributed by atoms with Gasteiger partial charge in [0.25, 0.3) is 0 Å². The van der Waals surface area contributed by atoms with Gasteiger partial charge in [0.1, 0.15) is 12.1 Å². The van der Waals surface area contributed by atoms with E-state index in [4.69, 9.17) is 10.5 Å². The van der Waals surface area contributed by atoms with Crippen LogP contribution < -0.4 is 11.1 Å². The highest BCUT2D eigenvalue weighted by atomic mass is 16.5. The topological polar surface area (TPSA) is 81.4 Å². The fourth-order valence-corrected chi connectivity index (χ4v) is 2.11. The first-order chi connectivity index (χ1) is 8.65. The zero-order chi connectivity index (χ0) is 13.4. The van der Waals surface area contributed by atoms with E-state index < -0.39 is 18.1 Å². The molecular weight excluding hydrogens is 232 g/mol. The molecule has 0 bridgehead atoms. The minimum absolute atomic E-state index is 0.202. The third-order valence-electron chi connectivity index (χ3n) is 3.23. The monoisotopic (exact) mass is 256 g/mol.